The minimum atomic E-state index is -1.30. The van der Waals surface area contributed by atoms with Crippen LogP contribution in [0, 0.1) is 20.8 Å². The van der Waals surface area contributed by atoms with Gasteiger partial charge in [-0.05, 0) is 154 Å². The fourth-order valence-electron chi connectivity index (χ4n) is 11.5. The largest absolute Gasteiger partial charge is 0.496 e. The molecular weight excluding hydrogens is 1160 g/mol. The lowest BCUT2D eigenvalue weighted by atomic mass is 9.94. The predicted octanol–water partition coefficient (Wildman–Crippen LogP) is 13.7. The van der Waals surface area contributed by atoms with E-state index in [1.165, 1.54) is 0 Å². The number of ether oxygens (including phenoxy) is 10. The summed E-state index contributed by atoms with van der Waals surface area (Å²) < 4.78 is 64.7. The fraction of sp³-hybridized carbons (Fsp3) is 0.260. The molecule has 452 valence electrons. The van der Waals surface area contributed by atoms with E-state index in [1.807, 2.05) is 72.8 Å². The number of methoxy groups -OCH3 is 8. The average Bonchev–Trinajstić information content (AvgIpc) is 3.54. The van der Waals surface area contributed by atoms with Gasteiger partial charge in [0.1, 0.15) is 46.0 Å². The maximum Gasteiger partial charge on any atom is 0.126 e. The molecule has 0 heterocycles. The maximum atomic E-state index is 7.69. The third-order valence-corrected chi connectivity index (χ3v) is 26.5. The van der Waals surface area contributed by atoms with E-state index in [1.54, 1.807) is 56.9 Å². The lowest BCUT2D eigenvalue weighted by molar-refractivity contribution is 0.0898. The topological polar surface area (TPSA) is 92.3 Å². The minimum Gasteiger partial charge on any atom is -0.496 e. The van der Waals surface area contributed by atoms with Crippen molar-refractivity contribution < 1.29 is 47.4 Å². The highest BCUT2D eigenvalue weighted by molar-refractivity contribution is 7.75. The van der Waals surface area contributed by atoms with E-state index < -0.39 is 31.7 Å². The highest BCUT2D eigenvalue weighted by Gasteiger charge is 2.35. The third-order valence-electron chi connectivity index (χ3n) is 15.8. The number of benzene rings is 9. The zero-order valence-electron chi connectivity index (χ0n) is 51.8. The summed E-state index contributed by atoms with van der Waals surface area (Å²) in [5, 5.41) is 8.85. The van der Waals surface area contributed by atoms with Crippen LogP contribution in [-0.4, -0.2) is 80.9 Å². The van der Waals surface area contributed by atoms with E-state index in [0.717, 1.165) is 129 Å². The smallest absolute Gasteiger partial charge is 0.126 e. The van der Waals surface area contributed by atoms with Crippen molar-refractivity contribution in [2.75, 3.05) is 69.2 Å². The molecule has 0 bridgehead atoms. The minimum absolute atomic E-state index is 0.321. The van der Waals surface area contributed by atoms with Crippen LogP contribution < -0.4 is 80.3 Å². The van der Waals surface area contributed by atoms with E-state index >= 15 is 0 Å². The molecule has 14 heteroatoms. The van der Waals surface area contributed by atoms with Crippen molar-refractivity contribution in [3.05, 3.63) is 228 Å². The van der Waals surface area contributed by atoms with E-state index in [4.69, 9.17) is 47.4 Å². The van der Waals surface area contributed by atoms with Gasteiger partial charge in [-0.3, -0.25) is 0 Å². The summed E-state index contributed by atoms with van der Waals surface area (Å²) in [7, 11) is 9.33. The van der Waals surface area contributed by atoms with Gasteiger partial charge in [-0.25, -0.2) is 0 Å². The molecule has 2 unspecified atom stereocenters. The van der Waals surface area contributed by atoms with Crippen molar-refractivity contribution >= 4 is 74.1 Å². The second kappa shape index (κ2) is 31.8. The second-order valence-corrected chi connectivity index (χ2v) is 29.7. The van der Waals surface area contributed by atoms with Gasteiger partial charge in [0, 0.05) is 42.4 Å². The van der Waals surface area contributed by atoms with Gasteiger partial charge in [-0.1, -0.05) is 152 Å². The molecule has 0 spiro atoms. The second-order valence-electron chi connectivity index (χ2n) is 20.6. The molecule has 0 saturated heterocycles. The summed E-state index contributed by atoms with van der Waals surface area (Å²) in [5.74, 6) is 5.95. The third kappa shape index (κ3) is 15.0. The SMILES string of the molecule is COc1ccccc1P(CCC(OCc1c(C)cc(C)c(COC(CCP(c2ccccc2OC)c2ccccc2OC)P(c2ccccc2OC)c2ccccc2OC)c1C)P(c1ccccc1OC)c1ccccc1OC)c1ccccc1OC. The van der Waals surface area contributed by atoms with Crippen LogP contribution in [0.15, 0.2) is 200 Å². The standard InChI is InChI=1S/C73H80O10P4/c1-51-48-52(2)55(50-83-73(87(70-42-26-18-34-62(70)80-10)71-43-27-19-35-63(71)81-11)45-47-85(66-38-22-14-30-58(66)76-6)67-39-23-15-31-59(67)77-7)53(3)54(51)49-82-72(86(68-40-24-16-32-60(68)78-8)69-41-25-17-33-61(69)79-9)44-46-84(64-36-20-12-28-56(64)74-4)65-37-21-13-29-57(65)75-5/h12-43,48,72-73H,44-47,49-50H2,1-11H3. The van der Waals surface area contributed by atoms with Crippen molar-refractivity contribution in [3.63, 3.8) is 0 Å². The molecular formula is C73H80O10P4. The van der Waals surface area contributed by atoms with Crippen LogP contribution in [0.4, 0.5) is 0 Å². The molecule has 0 aliphatic carbocycles. The molecule has 0 fully saturated rings. The molecule has 9 rings (SSSR count). The van der Waals surface area contributed by atoms with Crippen LogP contribution >= 0.6 is 31.7 Å². The molecule has 2 atom stereocenters. The summed E-state index contributed by atoms with van der Waals surface area (Å²) in [5.41, 5.74) is 5.69. The lowest BCUT2D eigenvalue weighted by Gasteiger charge is -2.33. The van der Waals surface area contributed by atoms with Gasteiger partial charge in [0.25, 0.3) is 0 Å². The summed E-state index contributed by atoms with van der Waals surface area (Å²) in [6, 6.07) is 69.2. The number of rotatable bonds is 30. The van der Waals surface area contributed by atoms with E-state index in [9.17, 15) is 0 Å². The molecule has 0 aliphatic rings. The molecule has 10 nitrogen and oxygen atoms in total. The number of hydrogen-bond acceptors (Lipinski definition) is 10. The van der Waals surface area contributed by atoms with Gasteiger partial charge >= 0.3 is 0 Å². The Balaban J connectivity index is 1.14. The number of aryl methyl sites for hydroxylation is 2. The molecule has 0 radical (unpaired) electrons. The van der Waals surface area contributed by atoms with Crippen molar-refractivity contribution in [1.29, 1.82) is 0 Å². The number of para-hydroxylation sites is 8. The van der Waals surface area contributed by atoms with Gasteiger partial charge in [-0.2, -0.15) is 0 Å². The first kappa shape index (κ1) is 64.5. The summed E-state index contributed by atoms with van der Waals surface area (Å²) in [6.07, 6.45) is 2.92. The van der Waals surface area contributed by atoms with Gasteiger partial charge < -0.3 is 47.4 Å². The Bertz CT molecular complexity index is 3260. The van der Waals surface area contributed by atoms with Crippen molar-refractivity contribution in [2.24, 2.45) is 0 Å². The van der Waals surface area contributed by atoms with E-state index in [-0.39, 0.29) is 11.7 Å². The first-order valence-corrected chi connectivity index (χ1v) is 35.0. The predicted molar refractivity (Wildman–Crippen MR) is 365 cm³/mol. The molecule has 0 amide bonds. The zero-order chi connectivity index (χ0) is 61.2. The van der Waals surface area contributed by atoms with Crippen LogP contribution in [-0.2, 0) is 22.7 Å². The zero-order valence-corrected chi connectivity index (χ0v) is 55.4. The monoisotopic (exact) mass is 1240 g/mol. The van der Waals surface area contributed by atoms with Gasteiger partial charge in [0.05, 0.1) is 81.8 Å². The van der Waals surface area contributed by atoms with Crippen LogP contribution in [0.5, 0.6) is 46.0 Å². The Morgan fingerprint density at radius 1 is 0.287 bits per heavy atom. The Morgan fingerprint density at radius 2 is 0.494 bits per heavy atom. The van der Waals surface area contributed by atoms with Crippen molar-refractivity contribution in [3.8, 4) is 46.0 Å². The molecule has 9 aromatic carbocycles. The fourth-order valence-corrected chi connectivity index (χ4v) is 22.7. The molecule has 9 aromatic rings. The first-order valence-electron chi connectivity index (χ1n) is 29.1. The van der Waals surface area contributed by atoms with Crippen LogP contribution in [0.1, 0.15) is 40.7 Å². The highest BCUT2D eigenvalue weighted by Crippen LogP contribution is 2.52. The normalized spacial score (nSPS) is 12.1. The van der Waals surface area contributed by atoms with Crippen molar-refractivity contribution in [2.45, 2.75) is 58.5 Å². The first-order chi connectivity index (χ1) is 42.6. The molecule has 0 saturated carbocycles. The molecule has 0 aromatic heterocycles. The molecule has 0 N–H and O–H groups in total. The average molecular weight is 1240 g/mol. The Labute approximate surface area is 520 Å². The van der Waals surface area contributed by atoms with Crippen LogP contribution in [0.2, 0.25) is 0 Å². The van der Waals surface area contributed by atoms with Gasteiger partial charge in [0.2, 0.25) is 0 Å². The maximum absolute atomic E-state index is 7.69. The summed E-state index contributed by atoms with van der Waals surface area (Å²) in [4.78, 5) is 0. The molecule has 87 heavy (non-hydrogen) atoms. The van der Waals surface area contributed by atoms with Gasteiger partial charge in [-0.15, -0.1) is 0 Å². The Kier molecular flexibility index (Phi) is 23.6. The van der Waals surface area contributed by atoms with Crippen LogP contribution in [0.25, 0.3) is 0 Å². The lowest BCUT2D eigenvalue weighted by Crippen LogP contribution is -2.28. The summed E-state index contributed by atoms with van der Waals surface area (Å²) >= 11 is 0. The van der Waals surface area contributed by atoms with Crippen LogP contribution in [0.3, 0.4) is 0 Å². The van der Waals surface area contributed by atoms with Crippen molar-refractivity contribution in [1.82, 2.24) is 0 Å². The van der Waals surface area contributed by atoms with E-state index in [2.05, 4.69) is 148 Å². The summed E-state index contributed by atoms with van der Waals surface area (Å²) in [6.45, 7) is 7.34. The quantitative estimate of drug-likeness (QED) is 0.0405. The van der Waals surface area contributed by atoms with E-state index in [0.29, 0.717) is 26.1 Å². The number of hydrogen-bond donors (Lipinski definition) is 0. The molecule has 0 aliphatic heterocycles. The Hall–Kier alpha value is -6.98. The van der Waals surface area contributed by atoms with Gasteiger partial charge in [0.15, 0.2) is 0 Å². The highest BCUT2D eigenvalue weighted by atomic mass is 31.1. The Morgan fingerprint density at radius 3 is 0.724 bits per heavy atom.